The number of carboxylic acid groups (broad SMARTS) is 1. The van der Waals surface area contributed by atoms with Crippen molar-refractivity contribution >= 4 is 57.9 Å². The molecule has 4 rings (SSSR count). The molecule has 2 aromatic rings. The molecule has 0 unspecified atom stereocenters. The molecule has 0 radical (unpaired) electrons. The van der Waals surface area contributed by atoms with Gasteiger partial charge >= 0.3 is 5.97 Å². The van der Waals surface area contributed by atoms with E-state index in [1.54, 1.807) is 23.1 Å². The minimum atomic E-state index is -1.10. The highest BCUT2D eigenvalue weighted by Crippen LogP contribution is 2.49. The maximum absolute atomic E-state index is 14.0. The molecule has 1 aromatic heterocycles. The van der Waals surface area contributed by atoms with Crippen LogP contribution in [0, 0.1) is 22.7 Å². The number of carbonyl (C=O) groups excluding carboxylic acids is 2. The number of hydrogen-bond acceptors (Lipinski definition) is 4. The van der Waals surface area contributed by atoms with Crippen LogP contribution in [-0.2, 0) is 4.79 Å². The summed E-state index contributed by atoms with van der Waals surface area (Å²) in [4.78, 5) is 40.5. The number of amides is 1. The molecule has 1 amide bonds. The van der Waals surface area contributed by atoms with Gasteiger partial charge in [-0.3, -0.25) is 9.59 Å². The average Bonchev–Trinajstić information content (AvgIpc) is 3.37. The van der Waals surface area contributed by atoms with Crippen LogP contribution in [0.1, 0.15) is 90.6 Å². The Balaban J connectivity index is 1.76. The summed E-state index contributed by atoms with van der Waals surface area (Å²) in [6.45, 7) is 5.95. The molecule has 0 atom stereocenters. The lowest BCUT2D eigenvalue weighted by Crippen LogP contribution is -2.44. The molecule has 8 heteroatoms. The summed E-state index contributed by atoms with van der Waals surface area (Å²) >= 11 is 13.5. The number of carboxylic acids is 1. The largest absolute Gasteiger partial charge is 0.477 e. The van der Waals surface area contributed by atoms with E-state index in [0.717, 1.165) is 30.6 Å². The highest BCUT2D eigenvalue weighted by atomic mass is 35.5. The Hall–Kier alpha value is -2.33. The summed E-state index contributed by atoms with van der Waals surface area (Å²) < 4.78 is 0. The van der Waals surface area contributed by atoms with Crippen LogP contribution in [0.5, 0.6) is 0 Å². The van der Waals surface area contributed by atoms with Crippen molar-refractivity contribution in [2.24, 2.45) is 10.8 Å². The molecule has 2 aliphatic carbocycles. The third kappa shape index (κ3) is 5.80. The number of thiophene rings is 1. The zero-order chi connectivity index (χ0) is 26.3. The fourth-order valence-electron chi connectivity index (χ4n) is 5.19. The second kappa shape index (κ2) is 10.2. The molecule has 1 aromatic carbocycles. The van der Waals surface area contributed by atoms with Crippen molar-refractivity contribution in [1.29, 1.82) is 0 Å². The van der Waals surface area contributed by atoms with Gasteiger partial charge in [-0.1, -0.05) is 35.0 Å². The summed E-state index contributed by atoms with van der Waals surface area (Å²) in [5.41, 5.74) is 0.358. The lowest BCUT2D eigenvalue weighted by atomic mass is 9.71. The van der Waals surface area contributed by atoms with Gasteiger partial charge in [-0.15, -0.1) is 11.3 Å². The van der Waals surface area contributed by atoms with E-state index in [4.69, 9.17) is 23.2 Å². The quantitative estimate of drug-likeness (QED) is 0.404. The first-order valence-corrected chi connectivity index (χ1v) is 13.7. The molecule has 0 saturated heterocycles. The van der Waals surface area contributed by atoms with Crippen molar-refractivity contribution in [3.05, 3.63) is 49.6 Å². The molecule has 2 fully saturated rings. The van der Waals surface area contributed by atoms with E-state index in [2.05, 4.69) is 11.8 Å². The Kier molecular flexibility index (Phi) is 7.57. The van der Waals surface area contributed by atoms with E-state index < -0.39 is 5.97 Å². The number of nitrogens with zero attached hydrogens (tertiary/aromatic N) is 1. The van der Waals surface area contributed by atoms with Crippen LogP contribution in [0.25, 0.3) is 0 Å². The molecule has 190 valence electrons. The fraction of sp³-hybridized carbons (Fsp3) is 0.464. The lowest BCUT2D eigenvalue weighted by Gasteiger charge is -2.41. The maximum atomic E-state index is 14.0. The highest BCUT2D eigenvalue weighted by Gasteiger charge is 2.44. The molecule has 5 nitrogen and oxygen atoms in total. The van der Waals surface area contributed by atoms with Crippen molar-refractivity contribution < 1.29 is 19.5 Å². The minimum absolute atomic E-state index is 0.00777. The topological polar surface area (TPSA) is 74.7 Å². The zero-order valence-corrected chi connectivity index (χ0v) is 22.9. The van der Waals surface area contributed by atoms with Crippen molar-refractivity contribution in [3.8, 4) is 11.8 Å². The molecular weight excluding hydrogens is 517 g/mol. The SMILES string of the molecule is CC(C)(C)C#Cc1cc(N(C(=O)c2ccc(Cl)cc2Cl)C2CCC3(CCC(=O)C3)CC2)c(C(=O)O)s1. The highest BCUT2D eigenvalue weighted by molar-refractivity contribution is 7.15. The number of carbonyl (C=O) groups is 3. The van der Waals surface area contributed by atoms with Gasteiger partial charge in [0, 0.05) is 29.3 Å². The number of ketones is 1. The average molecular weight is 547 g/mol. The summed E-state index contributed by atoms with van der Waals surface area (Å²) in [6.07, 6.45) is 5.12. The first kappa shape index (κ1) is 26.7. The first-order chi connectivity index (χ1) is 16.9. The second-order valence-corrected chi connectivity index (χ2v) is 12.8. The molecule has 0 bridgehead atoms. The third-order valence-electron chi connectivity index (χ3n) is 6.99. The second-order valence-electron chi connectivity index (χ2n) is 10.9. The van der Waals surface area contributed by atoms with E-state index in [1.165, 1.54) is 6.07 Å². The fourth-order valence-corrected chi connectivity index (χ4v) is 6.52. The van der Waals surface area contributed by atoms with Crippen LogP contribution in [0.15, 0.2) is 24.3 Å². The number of halogens is 2. The molecule has 1 heterocycles. The molecular formula is C28H29Cl2NO4S. The molecule has 36 heavy (non-hydrogen) atoms. The maximum Gasteiger partial charge on any atom is 0.348 e. The smallest absolute Gasteiger partial charge is 0.348 e. The number of hydrogen-bond donors (Lipinski definition) is 1. The molecule has 2 aliphatic rings. The first-order valence-electron chi connectivity index (χ1n) is 12.1. The van der Waals surface area contributed by atoms with Gasteiger partial charge in [0.25, 0.3) is 5.91 Å². The number of Topliss-reactive ketones (excluding diaryl/α,β-unsaturated/α-hetero) is 1. The van der Waals surface area contributed by atoms with E-state index in [9.17, 15) is 19.5 Å². The normalized spacial score (nSPS) is 21.8. The lowest BCUT2D eigenvalue weighted by molar-refractivity contribution is -0.118. The van der Waals surface area contributed by atoms with Gasteiger partial charge in [-0.25, -0.2) is 4.79 Å². The Morgan fingerprint density at radius 3 is 2.39 bits per heavy atom. The Morgan fingerprint density at radius 2 is 1.83 bits per heavy atom. The molecule has 0 aliphatic heterocycles. The molecule has 2 saturated carbocycles. The number of benzene rings is 1. The van der Waals surface area contributed by atoms with Crippen LogP contribution >= 0.6 is 34.5 Å². The number of rotatable bonds is 4. The van der Waals surface area contributed by atoms with E-state index in [-0.39, 0.29) is 38.2 Å². The van der Waals surface area contributed by atoms with Crippen LogP contribution in [-0.4, -0.2) is 28.8 Å². The Bertz CT molecular complexity index is 1270. The van der Waals surface area contributed by atoms with Crippen molar-refractivity contribution in [1.82, 2.24) is 0 Å². The standard InChI is InChI=1S/C28H29Cl2NO4S/c1-27(2,3)10-9-20-15-23(24(36-20)26(34)35)31(25(33)21-5-4-17(29)14-22(21)30)18-6-11-28(12-7-18)13-8-19(32)16-28/h4-5,14-15,18H,6-8,11-13,16H2,1-3H3,(H,34,35). The molecule has 1 N–H and O–H groups in total. The zero-order valence-electron chi connectivity index (χ0n) is 20.6. The van der Waals surface area contributed by atoms with Gasteiger partial charge < -0.3 is 10.0 Å². The van der Waals surface area contributed by atoms with Crippen LogP contribution in [0.3, 0.4) is 0 Å². The predicted molar refractivity (Wildman–Crippen MR) is 144 cm³/mol. The van der Waals surface area contributed by atoms with Gasteiger partial charge in [0.1, 0.15) is 10.7 Å². The van der Waals surface area contributed by atoms with Crippen molar-refractivity contribution in [2.45, 2.75) is 71.8 Å². The van der Waals surface area contributed by atoms with Gasteiger partial charge in [0.05, 0.1) is 21.2 Å². The Labute approximate surface area is 225 Å². The van der Waals surface area contributed by atoms with Crippen LogP contribution < -0.4 is 4.90 Å². The van der Waals surface area contributed by atoms with Gasteiger partial charge in [-0.2, -0.15) is 0 Å². The van der Waals surface area contributed by atoms with Gasteiger partial charge in [0.2, 0.25) is 0 Å². The van der Waals surface area contributed by atoms with E-state index >= 15 is 0 Å². The summed E-state index contributed by atoms with van der Waals surface area (Å²) in [5, 5.41) is 10.7. The van der Waals surface area contributed by atoms with Crippen LogP contribution in [0.2, 0.25) is 10.0 Å². The number of anilines is 1. The van der Waals surface area contributed by atoms with Gasteiger partial charge in [-0.05, 0) is 82.6 Å². The third-order valence-corrected chi connectivity index (χ3v) is 8.57. The van der Waals surface area contributed by atoms with E-state index in [1.807, 2.05) is 20.8 Å². The van der Waals surface area contributed by atoms with Gasteiger partial charge in [0.15, 0.2) is 0 Å². The Morgan fingerprint density at radius 1 is 1.14 bits per heavy atom. The summed E-state index contributed by atoms with van der Waals surface area (Å²) in [7, 11) is 0. The summed E-state index contributed by atoms with van der Waals surface area (Å²) in [6, 6.07) is 6.18. The van der Waals surface area contributed by atoms with Crippen molar-refractivity contribution in [3.63, 3.8) is 0 Å². The molecule has 1 spiro atoms. The van der Waals surface area contributed by atoms with E-state index in [0.29, 0.717) is 47.1 Å². The predicted octanol–water partition coefficient (Wildman–Crippen LogP) is 7.48. The van der Waals surface area contributed by atoms with Crippen molar-refractivity contribution in [2.75, 3.05) is 4.90 Å². The minimum Gasteiger partial charge on any atom is -0.477 e. The number of aromatic carboxylic acids is 1. The van der Waals surface area contributed by atoms with Crippen LogP contribution in [0.4, 0.5) is 5.69 Å². The summed E-state index contributed by atoms with van der Waals surface area (Å²) in [5.74, 6) is 5.07. The monoisotopic (exact) mass is 545 g/mol.